The molecule has 0 aliphatic carbocycles. The third-order valence-electron chi connectivity index (χ3n) is 10.9. The number of imidazole rings is 2. The molecular formula is C46H38FN11O4. The summed E-state index contributed by atoms with van der Waals surface area (Å²) < 4.78 is 29.4. The fourth-order valence-electron chi connectivity index (χ4n) is 7.76. The second kappa shape index (κ2) is 15.7. The van der Waals surface area contributed by atoms with Gasteiger partial charge in [-0.2, -0.15) is 0 Å². The molecule has 15 nitrogen and oxygen atoms in total. The van der Waals surface area contributed by atoms with Crippen molar-refractivity contribution in [3.05, 3.63) is 161 Å². The van der Waals surface area contributed by atoms with Crippen molar-refractivity contribution in [2.45, 2.75) is 25.9 Å². The fraction of sp³-hybridized carbons (Fsp3) is 0.130. The van der Waals surface area contributed by atoms with Gasteiger partial charge in [0, 0.05) is 41.7 Å². The maximum absolute atomic E-state index is 14.1. The number of aromatic nitrogens is 8. The van der Waals surface area contributed by atoms with Gasteiger partial charge in [-0.3, -0.25) is 0 Å². The van der Waals surface area contributed by atoms with E-state index in [1.165, 1.54) is 24.8 Å². The van der Waals surface area contributed by atoms with Gasteiger partial charge in [0.15, 0.2) is 22.9 Å². The van der Waals surface area contributed by atoms with E-state index in [-0.39, 0.29) is 23.3 Å². The van der Waals surface area contributed by atoms with Crippen LogP contribution in [0.15, 0.2) is 141 Å². The zero-order valence-corrected chi connectivity index (χ0v) is 33.9. The van der Waals surface area contributed by atoms with Gasteiger partial charge in [-0.1, -0.05) is 60.7 Å². The van der Waals surface area contributed by atoms with E-state index in [2.05, 4.69) is 36.0 Å². The van der Waals surface area contributed by atoms with Gasteiger partial charge >= 0.3 is 11.3 Å². The number of nitrogens with zero attached hydrogens (tertiary/aromatic N) is 9. The summed E-state index contributed by atoms with van der Waals surface area (Å²) in [6, 6.07) is 28.1. The van der Waals surface area contributed by atoms with Gasteiger partial charge in [-0.25, -0.2) is 43.9 Å². The number of anilines is 3. The zero-order valence-electron chi connectivity index (χ0n) is 33.9. The number of halogens is 1. The molecule has 4 N–H and O–H groups in total. The maximum Gasteiger partial charge on any atom is 0.343 e. The summed E-state index contributed by atoms with van der Waals surface area (Å²) in [6.45, 7) is 3.81. The number of nitrogens with two attached hydrogens (primary N) is 2. The van der Waals surface area contributed by atoms with Crippen molar-refractivity contribution in [2.75, 3.05) is 30.5 Å². The first-order valence-electron chi connectivity index (χ1n) is 19.5. The molecule has 0 saturated carbocycles. The first-order valence-corrected chi connectivity index (χ1v) is 19.5. The Labute approximate surface area is 351 Å². The highest BCUT2D eigenvalue weighted by Crippen LogP contribution is 2.39. The van der Waals surface area contributed by atoms with Crippen LogP contribution < -0.4 is 27.6 Å². The average Bonchev–Trinajstić information content (AvgIpc) is 3.93. The van der Waals surface area contributed by atoms with E-state index in [1.807, 2.05) is 85.9 Å². The first-order chi connectivity index (χ1) is 30.0. The Morgan fingerprint density at radius 3 is 1.50 bits per heavy atom. The Hall–Kier alpha value is -8.27. The molecule has 0 fully saturated rings. The largest absolute Gasteiger partial charge is 0.425 e. The minimum absolute atomic E-state index is 0.260. The molecule has 10 aromatic rings. The Morgan fingerprint density at radius 2 is 1.03 bits per heavy atom. The highest BCUT2D eigenvalue weighted by atomic mass is 19.1. The molecule has 6 aromatic heterocycles. The quantitative estimate of drug-likeness (QED) is 0.158. The third-order valence-corrected chi connectivity index (χ3v) is 10.9. The van der Waals surface area contributed by atoms with Crippen LogP contribution in [-0.2, 0) is 0 Å². The van der Waals surface area contributed by atoms with Gasteiger partial charge in [-0.05, 0) is 61.4 Å². The summed E-state index contributed by atoms with van der Waals surface area (Å²) in [5.74, 6) is 1.09. The lowest BCUT2D eigenvalue weighted by Crippen LogP contribution is -2.13. The summed E-state index contributed by atoms with van der Waals surface area (Å²) in [6.07, 6.45) is 5.98. The van der Waals surface area contributed by atoms with Crippen LogP contribution in [0, 0.1) is 5.82 Å². The minimum atomic E-state index is -0.472. The van der Waals surface area contributed by atoms with E-state index < -0.39 is 11.7 Å². The Balaban J connectivity index is 0.000000158. The van der Waals surface area contributed by atoms with E-state index in [4.69, 9.17) is 20.3 Å². The molecule has 0 amide bonds. The lowest BCUT2D eigenvalue weighted by Gasteiger charge is -2.20. The van der Waals surface area contributed by atoms with Gasteiger partial charge in [0.05, 0.1) is 35.5 Å². The van der Waals surface area contributed by atoms with Crippen LogP contribution in [0.4, 0.5) is 21.7 Å². The molecule has 0 radical (unpaired) electrons. The molecule has 308 valence electrons. The predicted octanol–water partition coefficient (Wildman–Crippen LogP) is 7.79. The molecule has 0 aliphatic heterocycles. The SMILES string of the molecule is CC(c1oc(=O)c2ccccc2c1-c1cccc(F)c1)n1cnc2c(N)ncnc21.CC(c1oc(=O)c2ccccc2c1-c1cccc(N(C)C)c1)n1cnc2c(N)ncnc21. The highest BCUT2D eigenvalue weighted by molar-refractivity contribution is 5.98. The summed E-state index contributed by atoms with van der Waals surface area (Å²) in [4.78, 5) is 53.0. The maximum atomic E-state index is 14.1. The molecule has 4 aromatic carbocycles. The topological polar surface area (TPSA) is 203 Å². The molecule has 0 bridgehead atoms. The molecule has 16 heteroatoms. The van der Waals surface area contributed by atoms with Gasteiger partial charge in [0.2, 0.25) is 0 Å². The van der Waals surface area contributed by atoms with Crippen LogP contribution in [0.2, 0.25) is 0 Å². The van der Waals surface area contributed by atoms with Crippen LogP contribution in [0.1, 0.15) is 37.5 Å². The lowest BCUT2D eigenvalue weighted by atomic mass is 9.95. The monoisotopic (exact) mass is 827 g/mol. The van der Waals surface area contributed by atoms with Gasteiger partial charge in [-0.15, -0.1) is 0 Å². The van der Waals surface area contributed by atoms with E-state index in [1.54, 1.807) is 47.6 Å². The Kier molecular flexibility index (Phi) is 9.94. The highest BCUT2D eigenvalue weighted by Gasteiger charge is 2.26. The Morgan fingerprint density at radius 1 is 0.581 bits per heavy atom. The summed E-state index contributed by atoms with van der Waals surface area (Å²) >= 11 is 0. The smallest absolute Gasteiger partial charge is 0.343 e. The van der Waals surface area contributed by atoms with Crippen LogP contribution in [0.25, 0.3) is 66.1 Å². The summed E-state index contributed by atoms with van der Waals surface area (Å²) in [5, 5.41) is 2.48. The molecular weight excluding hydrogens is 790 g/mol. The molecule has 62 heavy (non-hydrogen) atoms. The fourth-order valence-corrected chi connectivity index (χ4v) is 7.76. The zero-order chi connectivity index (χ0) is 43.2. The molecule has 10 rings (SSSR count). The van der Waals surface area contributed by atoms with Crippen molar-refractivity contribution >= 4 is 61.2 Å². The van der Waals surface area contributed by atoms with Crippen molar-refractivity contribution in [3.63, 3.8) is 0 Å². The molecule has 0 aliphatic rings. The second-order valence-electron chi connectivity index (χ2n) is 14.8. The molecule has 0 spiro atoms. The average molecular weight is 828 g/mol. The van der Waals surface area contributed by atoms with Gasteiger partial charge in [0.25, 0.3) is 0 Å². The standard InChI is InChI=1S/C24H22N6O2.C22H16FN5O2/c1-14(30-13-28-20-22(25)26-12-27-23(20)30)21-19(15-7-6-8-16(11-15)29(2)3)17-9-4-5-10-18(17)24(31)32-21;1-12(28-11-27-18-20(24)25-10-26-21(18)28)19-17(13-5-4-6-14(23)9-13)15-7-2-3-8-16(15)22(29)30-19/h4-14H,1-3H3,(H2,25,26,27);2-12H,1H3,(H2,24,25,26). The predicted molar refractivity (Wildman–Crippen MR) is 237 cm³/mol. The summed E-state index contributed by atoms with van der Waals surface area (Å²) in [7, 11) is 3.99. The van der Waals surface area contributed by atoms with Crippen molar-refractivity contribution in [1.29, 1.82) is 0 Å². The normalized spacial score (nSPS) is 12.4. The van der Waals surface area contributed by atoms with Gasteiger partial charge < -0.3 is 34.3 Å². The van der Waals surface area contributed by atoms with Crippen molar-refractivity contribution in [3.8, 4) is 22.3 Å². The number of benzene rings is 4. The van der Waals surface area contributed by atoms with E-state index in [9.17, 15) is 14.0 Å². The van der Waals surface area contributed by atoms with E-state index in [0.717, 1.165) is 22.2 Å². The number of hydrogen-bond acceptors (Lipinski definition) is 13. The second-order valence-corrected chi connectivity index (χ2v) is 14.8. The van der Waals surface area contributed by atoms with Crippen LogP contribution in [0.5, 0.6) is 0 Å². The van der Waals surface area contributed by atoms with Crippen molar-refractivity contribution in [1.82, 2.24) is 39.0 Å². The van der Waals surface area contributed by atoms with Crippen LogP contribution in [-0.4, -0.2) is 53.1 Å². The Bertz CT molecular complexity index is 3450. The van der Waals surface area contributed by atoms with Gasteiger partial charge in [0.1, 0.15) is 41.0 Å². The molecule has 0 saturated heterocycles. The first kappa shape index (κ1) is 39.2. The third kappa shape index (κ3) is 6.82. The van der Waals surface area contributed by atoms with Crippen LogP contribution >= 0.6 is 0 Å². The molecule has 6 heterocycles. The lowest BCUT2D eigenvalue weighted by molar-refractivity contribution is 0.420. The van der Waals surface area contributed by atoms with Crippen molar-refractivity contribution in [2.24, 2.45) is 0 Å². The number of hydrogen-bond donors (Lipinski definition) is 2. The van der Waals surface area contributed by atoms with Crippen molar-refractivity contribution < 1.29 is 13.2 Å². The van der Waals surface area contributed by atoms with E-state index >= 15 is 0 Å². The number of nitrogen functional groups attached to an aromatic ring is 2. The minimum Gasteiger partial charge on any atom is -0.425 e. The number of rotatable bonds is 7. The van der Waals surface area contributed by atoms with Crippen LogP contribution in [0.3, 0.4) is 0 Å². The molecule has 2 unspecified atom stereocenters. The number of fused-ring (bicyclic) bond motifs is 4. The van der Waals surface area contributed by atoms with E-state index in [0.29, 0.717) is 67.0 Å². The summed E-state index contributed by atoms with van der Waals surface area (Å²) in [5.41, 5.74) is 17.2. The molecule has 2 atom stereocenters.